The molecule has 0 spiro atoms. The van der Waals surface area contributed by atoms with Gasteiger partial charge in [-0.3, -0.25) is 9.59 Å². The predicted octanol–water partition coefficient (Wildman–Crippen LogP) is 2.89. The molecule has 3 heterocycles. The van der Waals surface area contributed by atoms with Crippen molar-refractivity contribution in [1.82, 2.24) is 14.5 Å². The Labute approximate surface area is 181 Å². The number of amides is 1. The number of carbonyl (C=O) groups excluding carboxylic acids is 1. The molecule has 3 fully saturated rings. The Kier molecular flexibility index (Phi) is 6.85. The summed E-state index contributed by atoms with van der Waals surface area (Å²) < 4.78 is 33.7. The number of hydrogen-bond acceptors (Lipinski definition) is 4. The topological polar surface area (TPSA) is 113 Å². The summed E-state index contributed by atoms with van der Waals surface area (Å²) in [4.78, 5) is 39.1. The van der Waals surface area contributed by atoms with Gasteiger partial charge in [-0.25, -0.2) is 9.78 Å². The fraction of sp³-hybridized carbons (Fsp3) is 0.429. The summed E-state index contributed by atoms with van der Waals surface area (Å²) in [6, 6.07) is 7.41. The monoisotopic (exact) mass is 453 g/mol. The molecule has 3 atom stereocenters. The van der Waals surface area contributed by atoms with Crippen LogP contribution in [-0.4, -0.2) is 61.3 Å². The van der Waals surface area contributed by atoms with Crippen LogP contribution < -0.4 is 0 Å². The van der Waals surface area contributed by atoms with E-state index in [2.05, 4.69) is 4.98 Å². The Bertz CT molecular complexity index is 960. The van der Waals surface area contributed by atoms with Gasteiger partial charge in [-0.2, -0.15) is 13.2 Å². The first-order valence-electron chi connectivity index (χ1n) is 9.95. The average molecular weight is 453 g/mol. The molecule has 1 aromatic heterocycles. The molecule has 3 aliphatic rings. The van der Waals surface area contributed by atoms with Crippen LogP contribution in [-0.2, 0) is 16.1 Å². The van der Waals surface area contributed by atoms with Gasteiger partial charge in [0.15, 0.2) is 0 Å². The number of carboxylic acid groups (broad SMARTS) is 2. The van der Waals surface area contributed by atoms with Crippen molar-refractivity contribution in [1.29, 1.82) is 0 Å². The van der Waals surface area contributed by atoms with Crippen LogP contribution in [0.15, 0.2) is 43.0 Å². The second kappa shape index (κ2) is 9.41. The summed E-state index contributed by atoms with van der Waals surface area (Å²) in [5, 5.41) is 16.6. The van der Waals surface area contributed by atoms with Gasteiger partial charge in [0.1, 0.15) is 0 Å². The molecule has 2 aromatic rings. The maximum atomic E-state index is 12.9. The molecule has 1 aliphatic carbocycles. The van der Waals surface area contributed by atoms with Crippen LogP contribution in [0.4, 0.5) is 13.2 Å². The minimum Gasteiger partial charge on any atom is -0.481 e. The summed E-state index contributed by atoms with van der Waals surface area (Å²) in [5.74, 6) is -3.68. The largest absolute Gasteiger partial charge is 0.490 e. The van der Waals surface area contributed by atoms with E-state index in [9.17, 15) is 27.9 Å². The molecule has 2 aliphatic heterocycles. The van der Waals surface area contributed by atoms with Gasteiger partial charge >= 0.3 is 18.1 Å². The number of aromatic nitrogens is 2. The van der Waals surface area contributed by atoms with Crippen molar-refractivity contribution in [3.05, 3.63) is 54.1 Å². The fourth-order valence-corrected chi connectivity index (χ4v) is 4.20. The molecule has 1 saturated carbocycles. The maximum absolute atomic E-state index is 12.9. The average Bonchev–Trinajstić information content (AvgIpc) is 3.27. The van der Waals surface area contributed by atoms with E-state index in [0.717, 1.165) is 18.4 Å². The Morgan fingerprint density at radius 2 is 1.75 bits per heavy atom. The lowest BCUT2D eigenvalue weighted by Crippen LogP contribution is -2.57. The fourth-order valence-electron chi connectivity index (χ4n) is 4.20. The quantitative estimate of drug-likeness (QED) is 0.736. The molecule has 32 heavy (non-hydrogen) atoms. The van der Waals surface area contributed by atoms with Crippen LogP contribution in [0.25, 0.3) is 0 Å². The van der Waals surface area contributed by atoms with Crippen molar-refractivity contribution in [3.8, 4) is 0 Å². The first-order chi connectivity index (χ1) is 15.1. The third kappa shape index (κ3) is 5.45. The van der Waals surface area contributed by atoms with Crippen LogP contribution in [0.5, 0.6) is 0 Å². The van der Waals surface area contributed by atoms with Gasteiger partial charge in [-0.05, 0) is 42.9 Å². The van der Waals surface area contributed by atoms with E-state index in [1.54, 1.807) is 17.4 Å². The van der Waals surface area contributed by atoms with E-state index in [1.807, 2.05) is 35.0 Å². The van der Waals surface area contributed by atoms with E-state index in [-0.39, 0.29) is 11.9 Å². The lowest BCUT2D eigenvalue weighted by atomic mass is 9.72. The molecule has 0 unspecified atom stereocenters. The third-order valence-corrected chi connectivity index (χ3v) is 5.72. The molecule has 2 saturated heterocycles. The van der Waals surface area contributed by atoms with Gasteiger partial charge in [0.2, 0.25) is 0 Å². The smallest absolute Gasteiger partial charge is 0.481 e. The minimum atomic E-state index is -5.08. The number of alkyl halides is 3. The molecule has 172 valence electrons. The molecular formula is C21H22F3N3O5. The Morgan fingerprint density at radius 3 is 2.25 bits per heavy atom. The lowest BCUT2D eigenvalue weighted by Gasteiger charge is -2.48. The van der Waals surface area contributed by atoms with Crippen molar-refractivity contribution < 1.29 is 37.8 Å². The highest BCUT2D eigenvalue weighted by atomic mass is 19.4. The van der Waals surface area contributed by atoms with Gasteiger partial charge in [-0.15, -0.1) is 0 Å². The van der Waals surface area contributed by atoms with Crippen LogP contribution in [0.3, 0.4) is 0 Å². The van der Waals surface area contributed by atoms with Crippen molar-refractivity contribution in [2.24, 2.45) is 11.8 Å². The first-order valence-corrected chi connectivity index (χ1v) is 9.95. The number of hydrogen-bond donors (Lipinski definition) is 2. The Balaban J connectivity index is 0.000000360. The molecule has 5 rings (SSSR count). The minimum absolute atomic E-state index is 0.0465. The van der Waals surface area contributed by atoms with Crippen LogP contribution in [0.2, 0.25) is 0 Å². The molecule has 8 nitrogen and oxygen atoms in total. The van der Waals surface area contributed by atoms with E-state index < -0.39 is 24.0 Å². The van der Waals surface area contributed by atoms with Gasteiger partial charge in [0.25, 0.3) is 5.91 Å². The summed E-state index contributed by atoms with van der Waals surface area (Å²) in [6.45, 7) is 1.40. The number of nitrogens with zero attached hydrogens (tertiary/aromatic N) is 3. The highest BCUT2D eigenvalue weighted by Crippen LogP contribution is 2.39. The summed E-state index contributed by atoms with van der Waals surface area (Å²) in [6.07, 6.45) is 2.84. The Morgan fingerprint density at radius 1 is 1.09 bits per heavy atom. The number of fused-ring (bicyclic) bond motifs is 3. The number of carboxylic acids is 2. The zero-order valence-electron chi connectivity index (χ0n) is 16.9. The highest BCUT2D eigenvalue weighted by molar-refractivity contribution is 5.95. The number of carbonyl (C=O) groups is 3. The number of rotatable bonds is 4. The third-order valence-electron chi connectivity index (χ3n) is 5.72. The van der Waals surface area contributed by atoms with Gasteiger partial charge < -0.3 is 19.7 Å². The van der Waals surface area contributed by atoms with Gasteiger partial charge in [-0.1, -0.05) is 12.1 Å². The highest BCUT2D eigenvalue weighted by Gasteiger charge is 2.46. The second-order valence-corrected chi connectivity index (χ2v) is 7.88. The number of imidazole rings is 1. The van der Waals surface area contributed by atoms with E-state index in [1.165, 1.54) is 0 Å². The number of halogens is 3. The SMILES string of the molecule is O=C(O)C(F)(F)F.O=C(O)[C@@H]1C[C@H]2CC[C@@H]1N(C(=O)c1ccc(Cn3ccnc3)cc1)C2. The summed E-state index contributed by atoms with van der Waals surface area (Å²) in [7, 11) is 0. The van der Waals surface area contributed by atoms with Crippen LogP contribution in [0, 0.1) is 11.8 Å². The summed E-state index contributed by atoms with van der Waals surface area (Å²) >= 11 is 0. The van der Waals surface area contributed by atoms with Gasteiger partial charge in [0.05, 0.1) is 12.2 Å². The van der Waals surface area contributed by atoms with Gasteiger partial charge in [0, 0.05) is 37.1 Å². The van der Waals surface area contributed by atoms with E-state index in [4.69, 9.17) is 9.90 Å². The van der Waals surface area contributed by atoms with Crippen molar-refractivity contribution in [3.63, 3.8) is 0 Å². The molecule has 0 radical (unpaired) electrons. The van der Waals surface area contributed by atoms with E-state index in [0.29, 0.717) is 31.0 Å². The predicted molar refractivity (Wildman–Crippen MR) is 105 cm³/mol. The number of aliphatic carboxylic acids is 2. The first kappa shape index (κ1) is 23.3. The van der Waals surface area contributed by atoms with Crippen LogP contribution >= 0.6 is 0 Å². The Hall–Kier alpha value is -3.37. The number of benzene rings is 1. The van der Waals surface area contributed by atoms with E-state index >= 15 is 0 Å². The molecule has 2 bridgehead atoms. The molecule has 1 aromatic carbocycles. The number of piperidine rings is 2. The van der Waals surface area contributed by atoms with Crippen molar-refractivity contribution in [2.75, 3.05) is 6.54 Å². The molecule has 2 N–H and O–H groups in total. The maximum Gasteiger partial charge on any atom is 0.490 e. The normalized spacial score (nSPS) is 22.1. The molecule has 1 amide bonds. The van der Waals surface area contributed by atoms with Crippen molar-refractivity contribution >= 4 is 17.8 Å². The zero-order valence-corrected chi connectivity index (χ0v) is 16.9. The molecule has 11 heteroatoms. The summed E-state index contributed by atoms with van der Waals surface area (Å²) in [5.41, 5.74) is 1.73. The molecular weight excluding hydrogens is 431 g/mol. The van der Waals surface area contributed by atoms with Crippen LogP contribution in [0.1, 0.15) is 35.2 Å². The van der Waals surface area contributed by atoms with Crippen molar-refractivity contribution in [2.45, 2.75) is 38.0 Å². The zero-order chi connectivity index (χ0) is 23.5. The standard InChI is InChI=1S/C19H21N3O3.C2HF3O2/c23-18(22-11-14-3-6-17(22)16(9-14)19(24)25)15-4-1-13(2-5-15)10-21-8-7-20-12-21;3-2(4,5)1(6)7/h1-2,4-5,7-8,12,14,16-17H,3,6,9-11H2,(H,24,25);(H,6,7)/t14-,16-,17+;/m1./s1. The lowest BCUT2D eigenvalue weighted by molar-refractivity contribution is -0.192. The second-order valence-electron chi connectivity index (χ2n) is 7.88.